The molecular weight excluding hydrogens is 615 g/mol. The zero-order valence-electron chi connectivity index (χ0n) is 24.5. The van der Waals surface area contributed by atoms with Gasteiger partial charge < -0.3 is 15.4 Å². The molecule has 0 bridgehead atoms. The Bertz CT molecular complexity index is 1910. The summed E-state index contributed by atoms with van der Waals surface area (Å²) >= 11 is 14.2. The Morgan fingerprint density at radius 1 is 0.614 bits per heavy atom. The van der Waals surface area contributed by atoms with Crippen LogP contribution < -0.4 is 15.4 Å². The molecule has 3 N–H and O–H groups in total. The van der Waals surface area contributed by atoms with Crippen LogP contribution in [0.25, 0.3) is 0 Å². The Morgan fingerprint density at radius 3 is 1.48 bits per heavy atom. The van der Waals surface area contributed by atoms with Gasteiger partial charge in [-0.3, -0.25) is 4.55 Å². The average molecular weight is 646 g/mol. The van der Waals surface area contributed by atoms with Crippen molar-refractivity contribution in [3.8, 4) is 11.5 Å². The molecule has 224 valence electrons. The Morgan fingerprint density at radius 2 is 1.05 bits per heavy atom. The second kappa shape index (κ2) is 11.5. The summed E-state index contributed by atoms with van der Waals surface area (Å²) in [6.45, 7) is 8.06. The van der Waals surface area contributed by atoms with Crippen molar-refractivity contribution in [1.29, 1.82) is 0 Å². The van der Waals surface area contributed by atoms with Gasteiger partial charge in [-0.1, -0.05) is 89.9 Å². The number of halogens is 2. The van der Waals surface area contributed by atoms with Gasteiger partial charge in [-0.05, 0) is 73.7 Å². The molecule has 0 aromatic heterocycles. The zero-order chi connectivity index (χ0) is 31.3. The molecule has 44 heavy (non-hydrogen) atoms. The van der Waals surface area contributed by atoms with Crippen molar-refractivity contribution in [2.45, 2.75) is 38.5 Å². The number of benzene rings is 5. The summed E-state index contributed by atoms with van der Waals surface area (Å²) in [4.78, 5) is -0.202. The van der Waals surface area contributed by atoms with Gasteiger partial charge in [0.25, 0.3) is 10.1 Å². The number of ether oxygens (including phenoxy) is 1. The molecule has 0 saturated carbocycles. The standard InChI is InChI=1S/C35H30Cl2N2O4S/c1-19-9-7-10-20(2)32(19)38-26-17-15-24-29(23-13-5-6-14-28(23)44(40,41)42)25-16-18-27(31(37)35(25)43-34(24)30(26)36)39-33-21(3)11-8-12-22(33)4/h5-18,29,38-39H,1-4H3,(H,40,41,42). The quantitative estimate of drug-likeness (QED) is 0.156. The molecule has 1 aliphatic rings. The summed E-state index contributed by atoms with van der Waals surface area (Å²) in [5, 5.41) is 7.53. The summed E-state index contributed by atoms with van der Waals surface area (Å²) in [5.74, 6) is 0.0266. The third-order valence-corrected chi connectivity index (χ3v) is 9.75. The molecule has 0 saturated heterocycles. The van der Waals surface area contributed by atoms with Crippen LogP contribution in [0.3, 0.4) is 0 Å². The normalized spacial score (nSPS) is 12.7. The fourth-order valence-electron chi connectivity index (χ4n) is 5.85. The molecule has 9 heteroatoms. The van der Waals surface area contributed by atoms with E-state index in [1.165, 1.54) is 6.07 Å². The molecular formula is C35H30Cl2N2O4S. The molecule has 0 atom stereocenters. The van der Waals surface area contributed by atoms with Gasteiger partial charge in [-0.2, -0.15) is 8.42 Å². The van der Waals surface area contributed by atoms with Crippen molar-refractivity contribution in [2.75, 3.05) is 10.6 Å². The van der Waals surface area contributed by atoms with Gasteiger partial charge in [0.1, 0.15) is 10.0 Å². The van der Waals surface area contributed by atoms with E-state index in [4.69, 9.17) is 27.9 Å². The Hall–Kier alpha value is -4.01. The minimum Gasteiger partial charge on any atom is -0.453 e. The van der Waals surface area contributed by atoms with E-state index in [1.807, 2.05) is 88.4 Å². The maximum Gasteiger partial charge on any atom is 0.294 e. The van der Waals surface area contributed by atoms with Crippen LogP contribution in [0.2, 0.25) is 10.0 Å². The summed E-state index contributed by atoms with van der Waals surface area (Å²) in [6.07, 6.45) is 0. The molecule has 6 rings (SSSR count). The second-order valence-electron chi connectivity index (χ2n) is 11.0. The fraction of sp³-hybridized carbons (Fsp3) is 0.143. The minimum absolute atomic E-state index is 0.202. The van der Waals surface area contributed by atoms with Crippen molar-refractivity contribution in [2.24, 2.45) is 0 Å². The molecule has 0 fully saturated rings. The lowest BCUT2D eigenvalue weighted by Gasteiger charge is -2.32. The van der Waals surface area contributed by atoms with Gasteiger partial charge in [0.15, 0.2) is 11.5 Å². The highest BCUT2D eigenvalue weighted by atomic mass is 35.5. The van der Waals surface area contributed by atoms with Gasteiger partial charge >= 0.3 is 0 Å². The lowest BCUT2D eigenvalue weighted by Crippen LogP contribution is -2.16. The van der Waals surface area contributed by atoms with Gasteiger partial charge in [-0.15, -0.1) is 0 Å². The maximum atomic E-state index is 12.5. The van der Waals surface area contributed by atoms with E-state index in [1.54, 1.807) is 18.2 Å². The topological polar surface area (TPSA) is 87.7 Å². The lowest BCUT2D eigenvalue weighted by molar-refractivity contribution is 0.451. The predicted molar refractivity (Wildman–Crippen MR) is 179 cm³/mol. The molecule has 5 aromatic carbocycles. The lowest BCUT2D eigenvalue weighted by atomic mass is 9.82. The van der Waals surface area contributed by atoms with Gasteiger partial charge in [-0.25, -0.2) is 0 Å². The van der Waals surface area contributed by atoms with E-state index in [9.17, 15) is 13.0 Å². The zero-order valence-corrected chi connectivity index (χ0v) is 26.8. The number of hydrogen-bond donors (Lipinski definition) is 3. The van der Waals surface area contributed by atoms with E-state index in [0.717, 1.165) is 33.6 Å². The van der Waals surface area contributed by atoms with Crippen molar-refractivity contribution in [1.82, 2.24) is 0 Å². The van der Waals surface area contributed by atoms with Crippen LogP contribution in [0.5, 0.6) is 11.5 Å². The second-order valence-corrected chi connectivity index (χ2v) is 13.2. The number of rotatable bonds is 6. The maximum absolute atomic E-state index is 12.5. The molecule has 0 spiro atoms. The average Bonchev–Trinajstić information content (AvgIpc) is 2.98. The monoisotopic (exact) mass is 644 g/mol. The van der Waals surface area contributed by atoms with Crippen LogP contribution in [0, 0.1) is 27.7 Å². The molecule has 1 heterocycles. The van der Waals surface area contributed by atoms with Crippen molar-refractivity contribution in [3.63, 3.8) is 0 Å². The first-order chi connectivity index (χ1) is 21.0. The number of nitrogens with one attached hydrogen (secondary N) is 2. The van der Waals surface area contributed by atoms with E-state index in [-0.39, 0.29) is 4.90 Å². The highest BCUT2D eigenvalue weighted by Gasteiger charge is 2.36. The highest BCUT2D eigenvalue weighted by molar-refractivity contribution is 7.85. The number of fused-ring (bicyclic) bond motifs is 2. The van der Waals surface area contributed by atoms with Gasteiger partial charge in [0.2, 0.25) is 0 Å². The van der Waals surface area contributed by atoms with Crippen molar-refractivity contribution < 1.29 is 17.7 Å². The molecule has 0 unspecified atom stereocenters. The molecule has 6 nitrogen and oxygen atoms in total. The van der Waals surface area contributed by atoms with Gasteiger partial charge in [0, 0.05) is 28.4 Å². The van der Waals surface area contributed by atoms with Crippen LogP contribution in [-0.4, -0.2) is 13.0 Å². The van der Waals surface area contributed by atoms with Crippen molar-refractivity contribution in [3.05, 3.63) is 134 Å². The van der Waals surface area contributed by atoms with Crippen molar-refractivity contribution >= 4 is 56.1 Å². The SMILES string of the molecule is Cc1cccc(C)c1Nc1ccc2c(c1Cl)Oc1c(ccc(Nc3c(C)cccc3C)c1Cl)C2c1ccccc1S(=O)(=O)O. The molecule has 0 radical (unpaired) electrons. The molecule has 1 aliphatic heterocycles. The number of anilines is 4. The Kier molecular flexibility index (Phi) is 7.84. The van der Waals surface area contributed by atoms with E-state index >= 15 is 0 Å². The third kappa shape index (κ3) is 5.30. The van der Waals surface area contributed by atoms with E-state index < -0.39 is 16.0 Å². The minimum atomic E-state index is -4.56. The third-order valence-electron chi connectivity index (χ3n) is 8.07. The summed E-state index contributed by atoms with van der Waals surface area (Å²) in [6, 6.07) is 25.8. The number of para-hydroxylation sites is 2. The van der Waals surface area contributed by atoms with E-state index in [0.29, 0.717) is 49.6 Å². The summed E-state index contributed by atoms with van der Waals surface area (Å²) < 4.78 is 41.8. The fourth-order valence-corrected chi connectivity index (χ4v) is 7.10. The summed E-state index contributed by atoms with van der Waals surface area (Å²) in [5.41, 5.74) is 8.95. The van der Waals surface area contributed by atoms with E-state index in [2.05, 4.69) is 10.6 Å². The number of aryl methyl sites for hydroxylation is 4. The summed E-state index contributed by atoms with van der Waals surface area (Å²) in [7, 11) is -4.56. The van der Waals surface area contributed by atoms with Crippen LogP contribution in [0.4, 0.5) is 22.7 Å². The molecule has 0 aliphatic carbocycles. The smallest absolute Gasteiger partial charge is 0.294 e. The first kappa shape index (κ1) is 30.0. The number of hydrogen-bond acceptors (Lipinski definition) is 5. The van der Waals surface area contributed by atoms with Crippen LogP contribution in [0.15, 0.2) is 89.8 Å². The molecule has 5 aromatic rings. The highest BCUT2D eigenvalue weighted by Crippen LogP contribution is 2.56. The Labute approximate surface area is 267 Å². The first-order valence-electron chi connectivity index (χ1n) is 14.0. The first-order valence-corrected chi connectivity index (χ1v) is 16.2. The predicted octanol–water partition coefficient (Wildman–Crippen LogP) is 10.2. The Balaban J connectivity index is 1.55. The van der Waals surface area contributed by atoms with Crippen LogP contribution in [0.1, 0.15) is 44.9 Å². The van der Waals surface area contributed by atoms with Crippen LogP contribution >= 0.6 is 23.2 Å². The van der Waals surface area contributed by atoms with Gasteiger partial charge in [0.05, 0.1) is 16.3 Å². The molecule has 0 amide bonds. The van der Waals surface area contributed by atoms with Crippen LogP contribution in [-0.2, 0) is 10.1 Å². The largest absolute Gasteiger partial charge is 0.453 e.